The lowest BCUT2D eigenvalue weighted by atomic mass is 9.56. The monoisotopic (exact) mass is 353 g/mol. The van der Waals surface area contributed by atoms with Crippen LogP contribution in [0.1, 0.15) is 45.2 Å². The van der Waals surface area contributed by atoms with Crippen LogP contribution < -0.4 is 0 Å². The summed E-state index contributed by atoms with van der Waals surface area (Å²) in [4.78, 5) is 4.90. The summed E-state index contributed by atoms with van der Waals surface area (Å²) >= 11 is 0. The van der Waals surface area contributed by atoms with E-state index in [1.165, 1.54) is 38.8 Å². The molecule has 2 aromatic carbocycles. The predicted octanol–water partition coefficient (Wildman–Crippen LogP) is 6.59. The second kappa shape index (κ2) is 5.79. The number of fused-ring (bicyclic) bond motifs is 3. The van der Waals surface area contributed by atoms with Crippen molar-refractivity contribution in [3.8, 4) is 0 Å². The number of allylic oxidation sites excluding steroid dienone is 5. The average molecular weight is 354 g/mol. The van der Waals surface area contributed by atoms with Crippen LogP contribution in [0.25, 0.3) is 10.8 Å². The van der Waals surface area contributed by atoms with Crippen molar-refractivity contribution in [3.05, 3.63) is 83.1 Å². The number of hydrogen-bond donors (Lipinski definition) is 0. The van der Waals surface area contributed by atoms with Crippen molar-refractivity contribution in [1.82, 2.24) is 0 Å². The molecule has 5 rings (SSSR count). The molecule has 0 spiro atoms. The van der Waals surface area contributed by atoms with Crippen molar-refractivity contribution in [2.45, 2.75) is 39.5 Å². The SMILES string of the molecule is CC(C)CC1=CC2C3C(=C1)C=CN=C3c1cc3ccccc3cc1C2(C)C. The van der Waals surface area contributed by atoms with Crippen LogP contribution in [-0.4, -0.2) is 5.71 Å². The molecule has 0 fully saturated rings. The zero-order chi connectivity index (χ0) is 18.8. The van der Waals surface area contributed by atoms with Gasteiger partial charge in [0.1, 0.15) is 0 Å². The summed E-state index contributed by atoms with van der Waals surface area (Å²) in [7, 11) is 0. The smallest absolute Gasteiger partial charge is 0.0560 e. The molecular weight excluding hydrogens is 326 g/mol. The molecule has 2 atom stereocenters. The molecule has 2 aliphatic carbocycles. The lowest BCUT2D eigenvalue weighted by Crippen LogP contribution is -2.45. The molecule has 0 bridgehead atoms. The fraction of sp³-hybridized carbons (Fsp3) is 0.346. The van der Waals surface area contributed by atoms with E-state index in [9.17, 15) is 0 Å². The van der Waals surface area contributed by atoms with Crippen LogP contribution >= 0.6 is 0 Å². The zero-order valence-electron chi connectivity index (χ0n) is 16.7. The molecule has 1 heterocycles. The molecule has 0 N–H and O–H groups in total. The first-order valence-corrected chi connectivity index (χ1v) is 10.2. The minimum absolute atomic E-state index is 0.0793. The van der Waals surface area contributed by atoms with Crippen LogP contribution in [0.5, 0.6) is 0 Å². The third kappa shape index (κ3) is 2.48. The van der Waals surface area contributed by atoms with Crippen LogP contribution in [0.4, 0.5) is 0 Å². The normalized spacial score (nSPS) is 24.9. The van der Waals surface area contributed by atoms with Gasteiger partial charge in [-0.1, -0.05) is 69.7 Å². The van der Waals surface area contributed by atoms with Crippen molar-refractivity contribution in [1.29, 1.82) is 0 Å². The molecular formula is C26H27N. The van der Waals surface area contributed by atoms with Gasteiger partial charge in [0.2, 0.25) is 0 Å². The summed E-state index contributed by atoms with van der Waals surface area (Å²) in [5, 5.41) is 2.63. The molecule has 0 saturated heterocycles. The van der Waals surface area contributed by atoms with Crippen LogP contribution in [-0.2, 0) is 5.41 Å². The van der Waals surface area contributed by atoms with E-state index >= 15 is 0 Å². The minimum atomic E-state index is 0.0793. The Balaban J connectivity index is 1.76. The van der Waals surface area contributed by atoms with Crippen molar-refractivity contribution < 1.29 is 0 Å². The highest BCUT2D eigenvalue weighted by Gasteiger charge is 2.47. The average Bonchev–Trinajstić information content (AvgIpc) is 2.64. The Labute approximate surface area is 162 Å². The van der Waals surface area contributed by atoms with Gasteiger partial charge in [0.25, 0.3) is 0 Å². The molecule has 2 unspecified atom stereocenters. The number of rotatable bonds is 2. The van der Waals surface area contributed by atoms with Gasteiger partial charge in [0.15, 0.2) is 0 Å². The fourth-order valence-electron chi connectivity index (χ4n) is 5.28. The van der Waals surface area contributed by atoms with E-state index in [-0.39, 0.29) is 5.41 Å². The van der Waals surface area contributed by atoms with Gasteiger partial charge in [0, 0.05) is 17.7 Å². The maximum Gasteiger partial charge on any atom is 0.0560 e. The maximum absolute atomic E-state index is 4.90. The molecule has 3 aliphatic rings. The van der Waals surface area contributed by atoms with Crippen LogP contribution in [0.3, 0.4) is 0 Å². The van der Waals surface area contributed by atoms with Gasteiger partial charge in [-0.3, -0.25) is 4.99 Å². The van der Waals surface area contributed by atoms with Gasteiger partial charge >= 0.3 is 0 Å². The fourth-order valence-corrected chi connectivity index (χ4v) is 5.28. The van der Waals surface area contributed by atoms with Gasteiger partial charge < -0.3 is 0 Å². The molecule has 1 aliphatic heterocycles. The Morgan fingerprint density at radius 1 is 1.07 bits per heavy atom. The van der Waals surface area contributed by atoms with Crippen LogP contribution in [0.2, 0.25) is 0 Å². The summed E-state index contributed by atoms with van der Waals surface area (Å²) in [6, 6.07) is 13.5. The third-order valence-electron chi connectivity index (χ3n) is 6.57. The van der Waals surface area contributed by atoms with Gasteiger partial charge in [-0.05, 0) is 63.8 Å². The molecule has 1 nitrogen and oxygen atoms in total. The molecule has 2 aromatic rings. The van der Waals surface area contributed by atoms with Crippen LogP contribution in [0, 0.1) is 17.8 Å². The Hall–Kier alpha value is -2.41. The van der Waals surface area contributed by atoms with Crippen molar-refractivity contribution >= 4 is 16.5 Å². The Morgan fingerprint density at radius 3 is 2.56 bits per heavy atom. The lowest BCUT2D eigenvalue weighted by molar-refractivity contribution is 0.328. The Bertz CT molecular complexity index is 1060. The van der Waals surface area contributed by atoms with E-state index in [0.29, 0.717) is 17.8 Å². The quantitative estimate of drug-likeness (QED) is 0.577. The summed E-state index contributed by atoms with van der Waals surface area (Å²) in [6.45, 7) is 9.46. The second-order valence-electron chi connectivity index (χ2n) is 9.28. The van der Waals surface area contributed by atoms with Crippen molar-refractivity contribution in [3.63, 3.8) is 0 Å². The highest BCUT2D eigenvalue weighted by atomic mass is 14.8. The Kier molecular flexibility index (Phi) is 3.59. The summed E-state index contributed by atoms with van der Waals surface area (Å²) in [6.07, 6.45) is 10.4. The van der Waals surface area contributed by atoms with E-state index in [1.807, 2.05) is 6.20 Å². The van der Waals surface area contributed by atoms with E-state index in [4.69, 9.17) is 4.99 Å². The molecule has 1 heteroatoms. The van der Waals surface area contributed by atoms with E-state index in [1.54, 1.807) is 0 Å². The maximum atomic E-state index is 4.90. The van der Waals surface area contributed by atoms with Gasteiger partial charge in [0.05, 0.1) is 5.71 Å². The predicted molar refractivity (Wildman–Crippen MR) is 115 cm³/mol. The molecule has 0 radical (unpaired) electrons. The molecule has 27 heavy (non-hydrogen) atoms. The van der Waals surface area contributed by atoms with Crippen molar-refractivity contribution in [2.24, 2.45) is 22.7 Å². The first kappa shape index (κ1) is 16.7. The third-order valence-corrected chi connectivity index (χ3v) is 6.57. The first-order valence-electron chi connectivity index (χ1n) is 10.2. The topological polar surface area (TPSA) is 12.4 Å². The standard InChI is InChI=1S/C26H27N/c1-16(2)11-17-12-20-9-10-27-25-21-14-18-7-5-6-8-19(18)15-22(21)26(3,4)23(13-17)24(20)25/h5-10,12-16,23-24H,11H2,1-4H3. The highest BCUT2D eigenvalue weighted by Crippen LogP contribution is 2.52. The second-order valence-corrected chi connectivity index (χ2v) is 9.28. The van der Waals surface area contributed by atoms with E-state index < -0.39 is 0 Å². The molecule has 0 aromatic heterocycles. The lowest BCUT2D eigenvalue weighted by Gasteiger charge is -2.48. The van der Waals surface area contributed by atoms with E-state index in [0.717, 1.165) is 6.42 Å². The van der Waals surface area contributed by atoms with Gasteiger partial charge in [-0.15, -0.1) is 0 Å². The number of aliphatic imine (C=N–C) groups is 1. The number of benzene rings is 2. The first-order chi connectivity index (χ1) is 12.9. The van der Waals surface area contributed by atoms with Crippen LogP contribution in [0.15, 0.2) is 77.0 Å². The van der Waals surface area contributed by atoms with E-state index in [2.05, 4.69) is 82.3 Å². The summed E-state index contributed by atoms with van der Waals surface area (Å²) < 4.78 is 0. The molecule has 0 saturated carbocycles. The molecule has 0 amide bonds. The minimum Gasteiger partial charge on any atom is -0.260 e. The zero-order valence-corrected chi connectivity index (χ0v) is 16.7. The highest BCUT2D eigenvalue weighted by molar-refractivity contribution is 6.10. The number of hydrogen-bond acceptors (Lipinski definition) is 1. The number of nitrogens with zero attached hydrogens (tertiary/aromatic N) is 1. The Morgan fingerprint density at radius 2 is 1.81 bits per heavy atom. The summed E-state index contributed by atoms with van der Waals surface area (Å²) in [5.74, 6) is 1.52. The van der Waals surface area contributed by atoms with Gasteiger partial charge in [-0.25, -0.2) is 0 Å². The largest absolute Gasteiger partial charge is 0.260 e. The molecule has 136 valence electrons. The summed E-state index contributed by atoms with van der Waals surface area (Å²) in [5.41, 5.74) is 7.05. The van der Waals surface area contributed by atoms with Crippen molar-refractivity contribution in [2.75, 3.05) is 0 Å². The van der Waals surface area contributed by atoms with Gasteiger partial charge in [-0.2, -0.15) is 0 Å².